The number of likely N-dealkylation sites (tertiary alicyclic amines) is 1. The number of alkyl halides is 2. The van der Waals surface area contributed by atoms with Crippen molar-refractivity contribution < 1.29 is 27.9 Å². The van der Waals surface area contributed by atoms with Gasteiger partial charge in [-0.1, -0.05) is 0 Å². The minimum atomic E-state index is -3.08. The topological polar surface area (TPSA) is 133 Å². The molecule has 1 atom stereocenters. The zero-order valence-electron chi connectivity index (χ0n) is 29.7. The summed E-state index contributed by atoms with van der Waals surface area (Å²) in [5.41, 5.74) is 1.18. The number of benzene rings is 1. The number of hydrogen-bond acceptors (Lipinski definition) is 10. The first-order valence-corrected chi connectivity index (χ1v) is 18.5. The molecule has 0 bridgehead atoms. The number of carbonyl (C=O) groups is 3. The van der Waals surface area contributed by atoms with Gasteiger partial charge in [-0.05, 0) is 56.2 Å². The van der Waals surface area contributed by atoms with E-state index in [2.05, 4.69) is 37.2 Å². The van der Waals surface area contributed by atoms with Gasteiger partial charge >= 0.3 is 6.61 Å². The van der Waals surface area contributed by atoms with Crippen molar-refractivity contribution in [1.82, 2.24) is 44.0 Å². The van der Waals surface area contributed by atoms with Gasteiger partial charge in [-0.25, -0.2) is 9.50 Å². The van der Waals surface area contributed by atoms with Gasteiger partial charge in [0.1, 0.15) is 23.6 Å². The number of thioether (sulfide) groups is 1. The first kappa shape index (κ1) is 37.2. The Kier molecular flexibility index (Phi) is 11.7. The summed E-state index contributed by atoms with van der Waals surface area (Å²) in [6, 6.07) is 6.79. The van der Waals surface area contributed by atoms with Crippen LogP contribution in [0.3, 0.4) is 0 Å². The fourth-order valence-electron chi connectivity index (χ4n) is 6.74. The number of fused-ring (bicyclic) bond motifs is 1. The van der Waals surface area contributed by atoms with Crippen molar-refractivity contribution in [3.8, 4) is 17.0 Å². The second kappa shape index (κ2) is 16.4. The first-order valence-electron chi connectivity index (χ1n) is 17.2. The maximum absolute atomic E-state index is 13.6. The number of nitrogens with one attached hydrogen (secondary N) is 1. The van der Waals surface area contributed by atoms with Gasteiger partial charge in [0, 0.05) is 88.5 Å². The molecule has 0 unspecified atom stereocenters. The number of amides is 3. The predicted octanol–water partition coefficient (Wildman–Crippen LogP) is 3.50. The van der Waals surface area contributed by atoms with E-state index in [1.165, 1.54) is 39.4 Å². The van der Waals surface area contributed by atoms with Crippen LogP contribution in [0.2, 0.25) is 0 Å². The number of rotatable bonds is 12. The van der Waals surface area contributed by atoms with Crippen molar-refractivity contribution in [3.05, 3.63) is 54.6 Å². The molecule has 2 aliphatic rings. The van der Waals surface area contributed by atoms with Crippen LogP contribution in [0.25, 0.3) is 16.9 Å². The van der Waals surface area contributed by atoms with Crippen molar-refractivity contribution in [2.75, 3.05) is 71.5 Å². The minimum Gasteiger partial charge on any atom is -0.434 e. The van der Waals surface area contributed by atoms with Gasteiger partial charge in [-0.3, -0.25) is 28.9 Å². The van der Waals surface area contributed by atoms with Crippen LogP contribution in [-0.2, 0) is 16.1 Å². The van der Waals surface area contributed by atoms with Crippen LogP contribution in [0, 0.1) is 5.92 Å². The molecule has 0 radical (unpaired) electrons. The van der Waals surface area contributed by atoms with Crippen LogP contribution in [0.15, 0.2) is 53.9 Å². The van der Waals surface area contributed by atoms with E-state index in [1.807, 2.05) is 11.2 Å². The molecule has 2 fully saturated rings. The molecule has 3 amide bonds. The molecular weight excluding hydrogens is 695 g/mol. The number of hydrogen-bond donors (Lipinski definition) is 1. The number of halogens is 2. The maximum atomic E-state index is 13.6. The molecule has 278 valence electrons. The second-order valence-corrected chi connectivity index (χ2v) is 14.3. The molecule has 6 rings (SSSR count). The minimum absolute atomic E-state index is 0.107. The largest absolute Gasteiger partial charge is 0.434 e. The molecular formula is C35H44F2N10O4S. The van der Waals surface area contributed by atoms with Crippen LogP contribution >= 0.6 is 11.8 Å². The number of piperazine rings is 1. The highest BCUT2D eigenvalue weighted by molar-refractivity contribution is 7.98. The van der Waals surface area contributed by atoms with Crippen LogP contribution in [0.1, 0.15) is 30.1 Å². The third kappa shape index (κ3) is 8.70. The number of aromatic nitrogens is 5. The molecule has 2 saturated heterocycles. The van der Waals surface area contributed by atoms with Crippen molar-refractivity contribution in [3.63, 3.8) is 0 Å². The Morgan fingerprint density at radius 2 is 1.90 bits per heavy atom. The summed E-state index contributed by atoms with van der Waals surface area (Å²) in [6.45, 7) is 4.21. The Bertz CT molecular complexity index is 1890. The normalized spacial score (nSPS) is 17.5. The fourth-order valence-corrected chi connectivity index (χ4v) is 7.18. The number of likely N-dealkylation sites (N-methyl/N-ethyl adjacent to an activating group) is 1. The van der Waals surface area contributed by atoms with Gasteiger partial charge in [0.15, 0.2) is 5.65 Å². The summed E-state index contributed by atoms with van der Waals surface area (Å²) in [4.78, 5) is 52.5. The summed E-state index contributed by atoms with van der Waals surface area (Å²) >= 11 is 1.41. The van der Waals surface area contributed by atoms with Gasteiger partial charge in [-0.15, -0.1) is 11.8 Å². The Morgan fingerprint density at radius 1 is 1.12 bits per heavy atom. The summed E-state index contributed by atoms with van der Waals surface area (Å²) in [5, 5.41) is 11.7. The highest BCUT2D eigenvalue weighted by atomic mass is 32.2. The molecule has 0 saturated carbocycles. The van der Waals surface area contributed by atoms with E-state index in [4.69, 9.17) is 4.74 Å². The van der Waals surface area contributed by atoms with E-state index >= 15 is 0 Å². The zero-order chi connectivity index (χ0) is 36.9. The number of carbonyl (C=O) groups excluding carboxylic acids is 3. The number of anilines is 1. The molecule has 2 aliphatic heterocycles. The molecule has 0 spiro atoms. The summed E-state index contributed by atoms with van der Waals surface area (Å²) in [7, 11) is 3.56. The first-order chi connectivity index (χ1) is 25.0. The molecule has 52 heavy (non-hydrogen) atoms. The predicted molar refractivity (Wildman–Crippen MR) is 192 cm³/mol. The third-order valence-corrected chi connectivity index (χ3v) is 10.4. The van der Waals surface area contributed by atoms with E-state index in [-0.39, 0.29) is 46.6 Å². The molecule has 1 aromatic carbocycles. The summed E-state index contributed by atoms with van der Waals surface area (Å²) < 4.78 is 34.7. The Labute approximate surface area is 305 Å². The molecule has 0 aliphatic carbocycles. The van der Waals surface area contributed by atoms with Crippen molar-refractivity contribution in [2.45, 2.75) is 43.9 Å². The second-order valence-electron chi connectivity index (χ2n) is 13.4. The van der Waals surface area contributed by atoms with Crippen LogP contribution < -0.4 is 10.1 Å². The van der Waals surface area contributed by atoms with Gasteiger partial charge in [0.2, 0.25) is 11.8 Å². The lowest BCUT2D eigenvalue weighted by Gasteiger charge is -2.42. The van der Waals surface area contributed by atoms with Crippen LogP contribution in [-0.4, -0.2) is 141 Å². The lowest BCUT2D eigenvalue weighted by Crippen LogP contribution is -2.55. The van der Waals surface area contributed by atoms with E-state index < -0.39 is 12.5 Å². The van der Waals surface area contributed by atoms with Gasteiger partial charge < -0.3 is 19.9 Å². The molecule has 1 N–H and O–H groups in total. The van der Waals surface area contributed by atoms with Crippen molar-refractivity contribution in [1.29, 1.82) is 0 Å². The van der Waals surface area contributed by atoms with E-state index in [1.54, 1.807) is 49.6 Å². The standard InChI is InChI=1S/C35H44F2N10O4S/c1-23-18-43(21-30(48)42(2)3)14-15-45(23)19-24-8-12-44(13-9-24)31(49)22-46-20-28(40-34(50)27-17-39-47-11-5-10-38-33(27)47)32(41-46)26-16-25(52-4)6-7-29(26)51-35(36)37/h5-7,10-11,16-17,20,23-24,35H,8-9,12-15,18-19,21-22H2,1-4H3,(H,40,50)/t23-/m1/s1. The van der Waals surface area contributed by atoms with Gasteiger partial charge in [0.25, 0.3) is 5.91 Å². The summed E-state index contributed by atoms with van der Waals surface area (Å²) in [6.07, 6.45) is 9.72. The number of nitrogens with zero attached hydrogens (tertiary/aromatic N) is 9. The molecule has 5 heterocycles. The maximum Gasteiger partial charge on any atom is 0.387 e. The third-order valence-electron chi connectivity index (χ3n) is 9.66. The van der Waals surface area contributed by atoms with Crippen LogP contribution in [0.4, 0.5) is 14.5 Å². The highest BCUT2D eigenvalue weighted by Crippen LogP contribution is 2.38. The van der Waals surface area contributed by atoms with Crippen molar-refractivity contribution in [2.24, 2.45) is 5.92 Å². The highest BCUT2D eigenvalue weighted by Gasteiger charge is 2.30. The Balaban J connectivity index is 1.14. The van der Waals surface area contributed by atoms with Gasteiger partial charge in [-0.2, -0.15) is 19.0 Å². The Hall–Kier alpha value is -4.61. The number of ether oxygens (including phenoxy) is 1. The lowest BCUT2D eigenvalue weighted by molar-refractivity contribution is -0.134. The average molecular weight is 739 g/mol. The quantitative estimate of drug-likeness (QED) is 0.216. The van der Waals surface area contributed by atoms with E-state index in [0.29, 0.717) is 37.2 Å². The lowest BCUT2D eigenvalue weighted by atomic mass is 9.95. The van der Waals surface area contributed by atoms with Crippen molar-refractivity contribution >= 4 is 40.8 Å². The zero-order valence-corrected chi connectivity index (χ0v) is 30.6. The monoisotopic (exact) mass is 738 g/mol. The number of piperidine rings is 1. The summed E-state index contributed by atoms with van der Waals surface area (Å²) in [5.74, 6) is -0.214. The smallest absolute Gasteiger partial charge is 0.387 e. The van der Waals surface area contributed by atoms with Gasteiger partial charge in [0.05, 0.1) is 18.4 Å². The van der Waals surface area contributed by atoms with Crippen LogP contribution in [0.5, 0.6) is 5.75 Å². The molecule has 14 nitrogen and oxygen atoms in total. The Morgan fingerprint density at radius 3 is 2.62 bits per heavy atom. The average Bonchev–Trinajstić information content (AvgIpc) is 3.73. The van der Waals surface area contributed by atoms with E-state index in [0.717, 1.165) is 43.9 Å². The van der Waals surface area contributed by atoms with E-state index in [9.17, 15) is 23.2 Å². The fraction of sp³-hybridized carbons (Fsp3) is 0.486. The molecule has 17 heteroatoms. The molecule has 3 aromatic heterocycles. The SMILES string of the molecule is CSc1ccc(OC(F)F)c(-c2nn(CC(=O)N3CCC(CN4CCN(CC(=O)N(C)C)C[C@H]4C)CC3)cc2NC(=O)c2cnn3cccnc23)c1. The molecule has 4 aromatic rings.